The number of unbranched alkanes of at least 4 members (excludes halogenated alkanes) is 2. The van der Waals surface area contributed by atoms with Crippen LogP contribution in [0.2, 0.25) is 0 Å². The van der Waals surface area contributed by atoms with E-state index in [-0.39, 0.29) is 12.0 Å². The molecule has 7 nitrogen and oxygen atoms in total. The molecule has 0 aliphatic carbocycles. The van der Waals surface area contributed by atoms with Gasteiger partial charge in [0.25, 0.3) is 0 Å². The number of likely N-dealkylation sites (tertiary alicyclic amines) is 1. The van der Waals surface area contributed by atoms with Crippen LogP contribution in [0.3, 0.4) is 0 Å². The van der Waals surface area contributed by atoms with E-state index in [0.717, 1.165) is 57.2 Å². The van der Waals surface area contributed by atoms with Gasteiger partial charge in [-0.15, -0.1) is 0 Å². The Morgan fingerprint density at radius 2 is 2.07 bits per heavy atom. The summed E-state index contributed by atoms with van der Waals surface area (Å²) in [7, 11) is 3.22. The third kappa shape index (κ3) is 7.62. The van der Waals surface area contributed by atoms with Gasteiger partial charge in [-0.3, -0.25) is 14.7 Å². The Morgan fingerprint density at radius 3 is 2.74 bits per heavy atom. The smallest absolute Gasteiger partial charge is 0.305 e. The number of piperidine rings is 1. The standard InChI is InChI=1S/C20H34N4O3/c1-21-20(22-12-6-3-5-11-19(25)26-2)23-16-17(18-10-9-15-27-18)24-13-7-4-8-14-24/h9-10,15,17H,3-8,11-14,16H2,1-2H3,(H2,21,22,23). The molecule has 1 atom stereocenters. The van der Waals surface area contributed by atoms with Crippen LogP contribution < -0.4 is 10.6 Å². The van der Waals surface area contributed by atoms with Crippen molar-refractivity contribution in [1.82, 2.24) is 15.5 Å². The molecule has 2 N–H and O–H groups in total. The molecule has 2 rings (SSSR count). The van der Waals surface area contributed by atoms with Crippen molar-refractivity contribution in [2.75, 3.05) is 40.3 Å². The van der Waals surface area contributed by atoms with Crippen LogP contribution in [0.5, 0.6) is 0 Å². The zero-order valence-corrected chi connectivity index (χ0v) is 16.7. The first-order chi connectivity index (χ1) is 13.2. The minimum absolute atomic E-state index is 0.137. The fourth-order valence-corrected chi connectivity index (χ4v) is 3.41. The van der Waals surface area contributed by atoms with Crippen LogP contribution in [0.15, 0.2) is 27.8 Å². The van der Waals surface area contributed by atoms with E-state index in [1.807, 2.05) is 6.07 Å². The van der Waals surface area contributed by atoms with Gasteiger partial charge in [-0.25, -0.2) is 0 Å². The normalized spacial score (nSPS) is 16.7. The van der Waals surface area contributed by atoms with E-state index in [4.69, 9.17) is 4.42 Å². The Balaban J connectivity index is 1.73. The fourth-order valence-electron chi connectivity index (χ4n) is 3.41. The zero-order chi connectivity index (χ0) is 19.3. The molecule has 1 aliphatic heterocycles. The van der Waals surface area contributed by atoms with Gasteiger partial charge in [0.2, 0.25) is 0 Å². The van der Waals surface area contributed by atoms with E-state index in [9.17, 15) is 4.79 Å². The molecule has 1 saturated heterocycles. The van der Waals surface area contributed by atoms with Crippen molar-refractivity contribution in [3.63, 3.8) is 0 Å². The number of carbonyl (C=O) groups excluding carboxylic acids is 1. The number of nitrogens with one attached hydrogen (secondary N) is 2. The number of guanidine groups is 1. The largest absolute Gasteiger partial charge is 0.469 e. The van der Waals surface area contributed by atoms with Gasteiger partial charge in [0, 0.05) is 26.6 Å². The SMILES string of the molecule is CN=C(NCCCCCC(=O)OC)NCC(c1ccco1)N1CCCCC1. The van der Waals surface area contributed by atoms with Gasteiger partial charge in [-0.2, -0.15) is 0 Å². The van der Waals surface area contributed by atoms with Gasteiger partial charge in [0.05, 0.1) is 19.4 Å². The van der Waals surface area contributed by atoms with Crippen LogP contribution in [0.1, 0.15) is 56.7 Å². The number of aliphatic imine (C=N–C) groups is 1. The molecule has 2 heterocycles. The van der Waals surface area contributed by atoms with E-state index in [1.165, 1.54) is 26.4 Å². The molecule has 0 saturated carbocycles. The molecular weight excluding hydrogens is 344 g/mol. The van der Waals surface area contributed by atoms with Gasteiger partial charge in [-0.05, 0) is 50.9 Å². The minimum atomic E-state index is -0.137. The zero-order valence-electron chi connectivity index (χ0n) is 16.7. The summed E-state index contributed by atoms with van der Waals surface area (Å²) in [5, 5.41) is 6.79. The number of rotatable bonds is 10. The van der Waals surface area contributed by atoms with Crippen molar-refractivity contribution in [1.29, 1.82) is 0 Å². The quantitative estimate of drug-likeness (QED) is 0.282. The van der Waals surface area contributed by atoms with E-state index < -0.39 is 0 Å². The van der Waals surface area contributed by atoms with Crippen molar-refractivity contribution >= 4 is 11.9 Å². The van der Waals surface area contributed by atoms with Gasteiger partial charge < -0.3 is 19.8 Å². The molecular formula is C20H34N4O3. The summed E-state index contributed by atoms with van der Waals surface area (Å²) in [6, 6.07) is 4.23. The Labute approximate surface area is 162 Å². The molecule has 1 aromatic heterocycles. The number of methoxy groups -OCH3 is 1. The summed E-state index contributed by atoms with van der Waals surface area (Å²) < 4.78 is 10.3. The lowest BCUT2D eigenvalue weighted by molar-refractivity contribution is -0.140. The maximum absolute atomic E-state index is 11.1. The molecule has 27 heavy (non-hydrogen) atoms. The minimum Gasteiger partial charge on any atom is -0.469 e. The third-order valence-electron chi connectivity index (χ3n) is 4.97. The number of carbonyl (C=O) groups is 1. The first-order valence-electron chi connectivity index (χ1n) is 10.0. The first kappa shape index (κ1) is 21.3. The molecule has 1 aromatic rings. The molecule has 0 spiro atoms. The maximum Gasteiger partial charge on any atom is 0.305 e. The lowest BCUT2D eigenvalue weighted by Gasteiger charge is -2.33. The lowest BCUT2D eigenvalue weighted by atomic mass is 10.1. The average Bonchev–Trinajstić information content (AvgIpc) is 3.24. The van der Waals surface area contributed by atoms with E-state index >= 15 is 0 Å². The van der Waals surface area contributed by atoms with Gasteiger partial charge in [-0.1, -0.05) is 12.8 Å². The molecule has 0 amide bonds. The third-order valence-corrected chi connectivity index (χ3v) is 4.97. The Hall–Kier alpha value is -2.02. The van der Waals surface area contributed by atoms with Crippen molar-refractivity contribution in [3.05, 3.63) is 24.2 Å². The summed E-state index contributed by atoms with van der Waals surface area (Å²) >= 11 is 0. The van der Waals surface area contributed by atoms with Gasteiger partial charge in [0.15, 0.2) is 5.96 Å². The molecule has 1 unspecified atom stereocenters. The maximum atomic E-state index is 11.1. The summed E-state index contributed by atoms with van der Waals surface area (Å²) in [5.41, 5.74) is 0. The van der Waals surface area contributed by atoms with E-state index in [0.29, 0.717) is 6.42 Å². The van der Waals surface area contributed by atoms with Crippen molar-refractivity contribution in [2.45, 2.75) is 51.0 Å². The Morgan fingerprint density at radius 1 is 1.26 bits per heavy atom. The van der Waals surface area contributed by atoms with E-state index in [2.05, 4.69) is 31.3 Å². The molecule has 1 aliphatic rings. The molecule has 152 valence electrons. The summed E-state index contributed by atoms with van der Waals surface area (Å²) in [6.07, 6.45) is 8.88. The highest BCUT2D eigenvalue weighted by atomic mass is 16.5. The predicted molar refractivity (Wildman–Crippen MR) is 107 cm³/mol. The number of furan rings is 1. The molecule has 0 aromatic carbocycles. The van der Waals surface area contributed by atoms with Crippen LogP contribution >= 0.6 is 0 Å². The summed E-state index contributed by atoms with van der Waals surface area (Å²) in [4.78, 5) is 17.9. The molecule has 0 radical (unpaired) electrons. The molecule has 0 bridgehead atoms. The monoisotopic (exact) mass is 378 g/mol. The van der Waals surface area contributed by atoms with Crippen LogP contribution in [0.4, 0.5) is 0 Å². The fraction of sp³-hybridized carbons (Fsp3) is 0.700. The predicted octanol–water partition coefficient (Wildman–Crippen LogP) is 2.71. The highest BCUT2D eigenvalue weighted by Gasteiger charge is 2.24. The summed E-state index contributed by atoms with van der Waals surface area (Å²) in [6.45, 7) is 3.81. The highest BCUT2D eigenvalue weighted by molar-refractivity contribution is 5.79. The lowest BCUT2D eigenvalue weighted by Crippen LogP contribution is -2.44. The number of nitrogens with zero attached hydrogens (tertiary/aromatic N) is 2. The topological polar surface area (TPSA) is 79.1 Å². The Bertz CT molecular complexity index is 554. The Kier molecular flexibility index (Phi) is 9.76. The highest BCUT2D eigenvalue weighted by Crippen LogP contribution is 2.24. The van der Waals surface area contributed by atoms with Crippen molar-refractivity contribution in [2.24, 2.45) is 4.99 Å². The second kappa shape index (κ2) is 12.4. The van der Waals surface area contributed by atoms with Crippen LogP contribution in [0.25, 0.3) is 0 Å². The number of hydrogen-bond donors (Lipinski definition) is 2. The number of hydrogen-bond acceptors (Lipinski definition) is 5. The second-order valence-corrected chi connectivity index (χ2v) is 6.89. The second-order valence-electron chi connectivity index (χ2n) is 6.89. The number of ether oxygens (including phenoxy) is 1. The van der Waals surface area contributed by atoms with Crippen LogP contribution in [-0.4, -0.2) is 57.2 Å². The van der Waals surface area contributed by atoms with Gasteiger partial charge in [0.1, 0.15) is 5.76 Å². The number of esters is 1. The van der Waals surface area contributed by atoms with E-state index in [1.54, 1.807) is 13.3 Å². The molecule has 7 heteroatoms. The van der Waals surface area contributed by atoms with Crippen molar-refractivity contribution in [3.8, 4) is 0 Å². The first-order valence-corrected chi connectivity index (χ1v) is 10.0. The van der Waals surface area contributed by atoms with Crippen molar-refractivity contribution < 1.29 is 13.9 Å². The van der Waals surface area contributed by atoms with Crippen LogP contribution in [-0.2, 0) is 9.53 Å². The van der Waals surface area contributed by atoms with Crippen LogP contribution in [0, 0.1) is 0 Å². The summed E-state index contributed by atoms with van der Waals surface area (Å²) in [5.74, 6) is 1.67. The molecule has 1 fully saturated rings. The average molecular weight is 379 g/mol. The van der Waals surface area contributed by atoms with Gasteiger partial charge >= 0.3 is 5.97 Å².